The lowest BCUT2D eigenvalue weighted by atomic mass is 9.36. The number of benzene rings is 9. The van der Waals surface area contributed by atoms with Crippen LogP contribution < -0.4 is 32.8 Å². The van der Waals surface area contributed by atoms with Crippen LogP contribution in [0, 0.1) is 116 Å². The first-order chi connectivity index (χ1) is 35.6. The molecule has 10 rings (SSSR count). The van der Waals surface area contributed by atoms with E-state index in [9.17, 15) is 52.7 Å². The molecule has 0 amide bonds. The normalized spacial score (nSPS) is 11.9. The van der Waals surface area contributed by atoms with E-state index >= 15 is 35.1 Å². The summed E-state index contributed by atoms with van der Waals surface area (Å²) in [5.41, 5.74) is -6.35. The molecule has 0 fully saturated rings. The largest absolute Gasteiger partial charge is 0.257 e. The molecule has 0 N–H and O–H groups in total. The van der Waals surface area contributed by atoms with Crippen LogP contribution in [0.1, 0.15) is 0 Å². The molecule has 23 heteroatoms. The van der Waals surface area contributed by atoms with Crippen molar-refractivity contribution in [2.45, 2.75) is 9.79 Å². The van der Waals surface area contributed by atoms with Gasteiger partial charge in [-0.2, -0.15) is 0 Å². The second-order valence-electron chi connectivity index (χ2n) is 16.7. The molecule has 1 heterocycles. The molecule has 376 valence electrons. The highest BCUT2D eigenvalue weighted by Gasteiger charge is 2.43. The minimum atomic E-state index is -2.79. The van der Waals surface area contributed by atoms with Gasteiger partial charge >= 0.3 is 0 Å². The number of halogens is 20. The monoisotopic (exact) mass is 1070 g/mol. The van der Waals surface area contributed by atoms with Crippen molar-refractivity contribution in [3.05, 3.63) is 213 Å². The van der Waals surface area contributed by atoms with Crippen molar-refractivity contribution in [1.82, 2.24) is 0 Å². The SMILES string of the molecule is Fc1c(F)c(F)c(B(c2ccc(-c3ccc4c(c3)Sc3cccc5c(-c6ccc(B(c7c(F)c(F)c(F)c(F)c7F)c7c(F)c(F)c(F)c(F)c7F)cc6)ccc-4c35)cc2)c2c(F)c(F)c(F)c(F)c2F)c(F)c1F. The van der Waals surface area contributed by atoms with Gasteiger partial charge in [0.15, 0.2) is 116 Å². The van der Waals surface area contributed by atoms with E-state index < -0.39 is 163 Å². The lowest BCUT2D eigenvalue weighted by Crippen LogP contribution is -2.58. The van der Waals surface area contributed by atoms with Crippen LogP contribution in [0.15, 0.2) is 107 Å². The molecule has 0 saturated heterocycles. The first kappa shape index (κ1) is 50.8. The zero-order valence-corrected chi connectivity index (χ0v) is 37.2. The summed E-state index contributed by atoms with van der Waals surface area (Å²) < 4.78 is 295. The van der Waals surface area contributed by atoms with E-state index in [1.807, 2.05) is 0 Å². The van der Waals surface area contributed by atoms with Crippen molar-refractivity contribution >= 4 is 68.7 Å². The summed E-state index contributed by atoms with van der Waals surface area (Å²) in [5.74, 6) is -51.9. The predicted molar refractivity (Wildman–Crippen MR) is 239 cm³/mol. The molecule has 0 unspecified atom stereocenters. The summed E-state index contributed by atoms with van der Waals surface area (Å²) >= 11 is 1.23. The van der Waals surface area contributed by atoms with Crippen LogP contribution in [0.5, 0.6) is 0 Å². The van der Waals surface area contributed by atoms with E-state index in [4.69, 9.17) is 0 Å². The molecule has 0 aromatic heterocycles. The first-order valence-electron chi connectivity index (χ1n) is 21.2. The van der Waals surface area contributed by atoms with Crippen molar-refractivity contribution in [2.75, 3.05) is 0 Å². The van der Waals surface area contributed by atoms with Crippen molar-refractivity contribution in [3.8, 4) is 33.4 Å². The maximum atomic E-state index is 15.3. The molecule has 0 atom stereocenters. The molecule has 1 aliphatic rings. The van der Waals surface area contributed by atoms with Gasteiger partial charge in [-0.25, -0.2) is 87.8 Å². The minimum absolute atomic E-state index is 0.265. The van der Waals surface area contributed by atoms with Gasteiger partial charge in [0.25, 0.3) is 13.4 Å². The van der Waals surface area contributed by atoms with E-state index in [1.165, 1.54) is 36.0 Å². The van der Waals surface area contributed by atoms with Crippen LogP contribution in [-0.2, 0) is 0 Å². The Hall–Kier alpha value is -7.68. The molecule has 0 bridgehead atoms. The fourth-order valence-corrected chi connectivity index (χ4v) is 10.4. The van der Waals surface area contributed by atoms with Crippen molar-refractivity contribution < 1.29 is 87.8 Å². The van der Waals surface area contributed by atoms with Gasteiger partial charge in [0, 0.05) is 37.0 Å². The molecule has 75 heavy (non-hydrogen) atoms. The highest BCUT2D eigenvalue weighted by Crippen LogP contribution is 2.50. The highest BCUT2D eigenvalue weighted by atomic mass is 32.2. The summed E-state index contributed by atoms with van der Waals surface area (Å²) in [6.45, 7) is -5.58. The van der Waals surface area contributed by atoms with Gasteiger partial charge < -0.3 is 0 Å². The quantitative estimate of drug-likeness (QED) is 0.0632. The average molecular weight is 1070 g/mol. The zero-order valence-electron chi connectivity index (χ0n) is 36.4. The van der Waals surface area contributed by atoms with Crippen LogP contribution in [0.2, 0.25) is 0 Å². The predicted octanol–water partition coefficient (Wildman–Crippen LogP) is 12.1. The molecule has 0 nitrogen and oxygen atoms in total. The van der Waals surface area contributed by atoms with Crippen molar-refractivity contribution in [1.29, 1.82) is 0 Å². The molecule has 1 aliphatic heterocycles. The van der Waals surface area contributed by atoms with Gasteiger partial charge in [0.1, 0.15) is 0 Å². The standard InChI is InChI=1S/C52H16B2F20S/c55-33-29(34(56)42(64)49(71)41(33)63)53(30-35(57)43(65)50(72)44(66)36(30)58)20-9-4-17(5-10-20)19-8-13-23-25-15-14-22(24-2-1-3-26(28(24)25)75-27(23)16-19)18-6-11-21(12-7-18)54(31-37(59)45(67)51(73)46(68)38(31)60)32-39(61)47(69)52(74)48(70)40(32)62/h1-16H. The Kier molecular flexibility index (Phi) is 12.6. The number of rotatable bonds is 8. The van der Waals surface area contributed by atoms with Gasteiger partial charge in [-0.3, -0.25) is 0 Å². The topological polar surface area (TPSA) is 0 Å². The summed E-state index contributed by atoms with van der Waals surface area (Å²) in [4.78, 5) is 1.23. The lowest BCUT2D eigenvalue weighted by Gasteiger charge is -2.23. The summed E-state index contributed by atoms with van der Waals surface area (Å²) in [5, 5.41) is 1.19. The second kappa shape index (κ2) is 18.6. The summed E-state index contributed by atoms with van der Waals surface area (Å²) in [6.07, 6.45) is 0. The Labute approximate surface area is 412 Å². The third kappa shape index (κ3) is 7.74. The van der Waals surface area contributed by atoms with E-state index in [2.05, 4.69) is 0 Å². The Bertz CT molecular complexity index is 3690. The molecular formula is C52H16B2F20S. The van der Waals surface area contributed by atoms with Gasteiger partial charge in [0.2, 0.25) is 0 Å². The maximum absolute atomic E-state index is 15.3. The van der Waals surface area contributed by atoms with Gasteiger partial charge in [-0.15, -0.1) is 0 Å². The molecular weight excluding hydrogens is 1060 g/mol. The molecule has 0 radical (unpaired) electrons. The van der Waals surface area contributed by atoms with E-state index in [0.29, 0.717) is 42.8 Å². The highest BCUT2D eigenvalue weighted by molar-refractivity contribution is 7.99. The third-order valence-electron chi connectivity index (χ3n) is 12.8. The molecule has 9 aromatic carbocycles. The second-order valence-corrected chi connectivity index (χ2v) is 17.8. The van der Waals surface area contributed by atoms with Crippen LogP contribution in [0.4, 0.5) is 87.8 Å². The number of hydrogen-bond acceptors (Lipinski definition) is 1. The Morgan fingerprint density at radius 3 is 0.933 bits per heavy atom. The molecule has 0 aliphatic carbocycles. The number of fused-ring (bicyclic) bond motifs is 2. The van der Waals surface area contributed by atoms with E-state index in [0.717, 1.165) is 24.3 Å². The summed E-state index contributed by atoms with van der Waals surface area (Å²) in [6, 6.07) is 21.8. The fourth-order valence-electron chi connectivity index (χ4n) is 9.24. The Balaban J connectivity index is 1.03. The van der Waals surface area contributed by atoms with E-state index in [1.54, 1.807) is 48.5 Å². The van der Waals surface area contributed by atoms with Crippen molar-refractivity contribution in [2.24, 2.45) is 0 Å². The third-order valence-corrected chi connectivity index (χ3v) is 13.9. The van der Waals surface area contributed by atoms with Crippen LogP contribution in [0.3, 0.4) is 0 Å². The van der Waals surface area contributed by atoms with E-state index in [-0.39, 0.29) is 11.1 Å². The Morgan fingerprint density at radius 2 is 0.560 bits per heavy atom. The van der Waals surface area contributed by atoms with Crippen LogP contribution in [0.25, 0.3) is 44.2 Å². The molecule has 0 saturated carbocycles. The molecule has 9 aromatic rings. The Morgan fingerprint density at radius 1 is 0.253 bits per heavy atom. The van der Waals surface area contributed by atoms with Crippen LogP contribution in [-0.4, -0.2) is 13.4 Å². The minimum Gasteiger partial charge on any atom is -0.204 e. The molecule has 0 spiro atoms. The number of hydrogen-bond donors (Lipinski definition) is 0. The smallest absolute Gasteiger partial charge is 0.204 e. The van der Waals surface area contributed by atoms with Gasteiger partial charge in [0.05, 0.1) is 0 Å². The van der Waals surface area contributed by atoms with Crippen molar-refractivity contribution in [3.63, 3.8) is 0 Å². The summed E-state index contributed by atoms with van der Waals surface area (Å²) in [7, 11) is 0. The lowest BCUT2D eigenvalue weighted by molar-refractivity contribution is 0.382. The van der Waals surface area contributed by atoms with Crippen LogP contribution >= 0.6 is 11.8 Å². The zero-order chi connectivity index (χ0) is 54.0. The maximum Gasteiger partial charge on any atom is 0.257 e. The fraction of sp³-hybridized carbons (Fsp3) is 0. The van der Waals surface area contributed by atoms with Gasteiger partial charge in [-0.05, 0) is 50.9 Å². The van der Waals surface area contributed by atoms with Gasteiger partial charge in [-0.1, -0.05) is 108 Å². The first-order valence-corrected chi connectivity index (χ1v) is 22.0. The average Bonchev–Trinajstić information content (AvgIpc) is 3.42.